The topological polar surface area (TPSA) is 44.4 Å². The number of carbonyl (C=O) groups excluding carboxylic acids is 1. The van der Waals surface area contributed by atoms with Gasteiger partial charge in [0.25, 0.3) is 0 Å². The molecule has 0 aromatic heterocycles. The quantitative estimate of drug-likeness (QED) is 0.794. The molecule has 2 rings (SSSR count). The highest BCUT2D eigenvalue weighted by atomic mass is 35.5. The largest absolute Gasteiger partial charge is 0.368 e. The summed E-state index contributed by atoms with van der Waals surface area (Å²) in [5.41, 5.74) is 2.26. The van der Waals surface area contributed by atoms with Crippen LogP contribution in [-0.2, 0) is 11.3 Å². The number of rotatable bonds is 6. The second kappa shape index (κ2) is 7.66. The highest BCUT2D eigenvalue weighted by Gasteiger charge is 2.24. The van der Waals surface area contributed by atoms with Crippen LogP contribution in [0.2, 0.25) is 5.02 Å². The Morgan fingerprint density at radius 3 is 2.95 bits per heavy atom. The molecule has 4 nitrogen and oxygen atoms in total. The van der Waals surface area contributed by atoms with Crippen LogP contribution < -0.4 is 15.5 Å². The minimum atomic E-state index is 0.0327. The van der Waals surface area contributed by atoms with Crippen molar-refractivity contribution in [3.05, 3.63) is 28.8 Å². The highest BCUT2D eigenvalue weighted by Crippen LogP contribution is 2.29. The van der Waals surface area contributed by atoms with Gasteiger partial charge < -0.3 is 15.5 Å². The molecule has 1 aliphatic heterocycles. The second-order valence-electron chi connectivity index (χ2n) is 5.59. The Hall–Kier alpha value is -1.26. The third-order valence-corrected chi connectivity index (χ3v) is 4.01. The molecule has 1 aromatic rings. The molecule has 2 N–H and O–H groups in total. The van der Waals surface area contributed by atoms with E-state index in [0.717, 1.165) is 49.7 Å². The lowest BCUT2D eigenvalue weighted by Gasteiger charge is -2.21. The van der Waals surface area contributed by atoms with Crippen LogP contribution in [0.15, 0.2) is 18.2 Å². The third kappa shape index (κ3) is 4.61. The molecule has 21 heavy (non-hydrogen) atoms. The van der Waals surface area contributed by atoms with E-state index >= 15 is 0 Å². The Labute approximate surface area is 131 Å². The molecule has 1 saturated heterocycles. The Morgan fingerprint density at radius 1 is 1.48 bits per heavy atom. The molecule has 1 atom stereocenters. The van der Waals surface area contributed by atoms with E-state index in [1.165, 1.54) is 5.56 Å². The molecule has 1 aromatic carbocycles. The number of hydrogen-bond donors (Lipinski definition) is 2. The van der Waals surface area contributed by atoms with Crippen LogP contribution in [0.3, 0.4) is 0 Å². The molecule has 1 aliphatic rings. The second-order valence-corrected chi connectivity index (χ2v) is 6.00. The molecule has 1 heterocycles. The molecule has 0 spiro atoms. The van der Waals surface area contributed by atoms with Gasteiger partial charge in [-0.05, 0) is 37.1 Å². The van der Waals surface area contributed by atoms with Crippen LogP contribution in [0.25, 0.3) is 0 Å². The van der Waals surface area contributed by atoms with Gasteiger partial charge in [0.2, 0.25) is 5.91 Å². The Bertz CT molecular complexity index is 492. The monoisotopic (exact) mass is 309 g/mol. The standard InChI is InChI=1S/C16H24ClN3O/c1-3-7-18-10-13-4-5-16(15(17)9-13)20-8-6-14(11-20)19-12(2)21/h4-5,9,14,18H,3,6-8,10-11H2,1-2H3,(H,19,21). The van der Waals surface area contributed by atoms with Crippen molar-refractivity contribution in [2.75, 3.05) is 24.5 Å². The number of amides is 1. The summed E-state index contributed by atoms with van der Waals surface area (Å²) in [4.78, 5) is 13.4. The summed E-state index contributed by atoms with van der Waals surface area (Å²) in [6.07, 6.45) is 2.10. The number of anilines is 1. The van der Waals surface area contributed by atoms with E-state index in [1.54, 1.807) is 6.92 Å². The first-order valence-electron chi connectivity index (χ1n) is 7.61. The van der Waals surface area contributed by atoms with Crippen LogP contribution in [-0.4, -0.2) is 31.6 Å². The fraction of sp³-hybridized carbons (Fsp3) is 0.562. The molecule has 1 fully saturated rings. The number of nitrogens with zero attached hydrogens (tertiary/aromatic N) is 1. The fourth-order valence-electron chi connectivity index (χ4n) is 2.71. The average molecular weight is 310 g/mol. The van der Waals surface area contributed by atoms with E-state index in [0.29, 0.717) is 0 Å². The van der Waals surface area contributed by atoms with E-state index in [2.05, 4.69) is 34.6 Å². The summed E-state index contributed by atoms with van der Waals surface area (Å²) >= 11 is 6.42. The number of benzene rings is 1. The van der Waals surface area contributed by atoms with Gasteiger partial charge in [-0.15, -0.1) is 0 Å². The number of nitrogens with one attached hydrogen (secondary N) is 2. The maximum Gasteiger partial charge on any atom is 0.217 e. The van der Waals surface area contributed by atoms with Crippen molar-refractivity contribution in [3.8, 4) is 0 Å². The normalized spacial score (nSPS) is 18.0. The maximum absolute atomic E-state index is 11.1. The van der Waals surface area contributed by atoms with Crippen molar-refractivity contribution in [1.82, 2.24) is 10.6 Å². The van der Waals surface area contributed by atoms with Gasteiger partial charge in [-0.2, -0.15) is 0 Å². The van der Waals surface area contributed by atoms with Gasteiger partial charge in [-0.1, -0.05) is 24.6 Å². The van der Waals surface area contributed by atoms with Gasteiger partial charge in [-0.25, -0.2) is 0 Å². The Kier molecular flexibility index (Phi) is 5.88. The Balaban J connectivity index is 1.96. The van der Waals surface area contributed by atoms with Crippen LogP contribution in [0, 0.1) is 0 Å². The SMILES string of the molecule is CCCNCc1ccc(N2CCC(NC(C)=O)C2)c(Cl)c1. The zero-order chi connectivity index (χ0) is 15.2. The van der Waals surface area contributed by atoms with Crippen LogP contribution in [0.4, 0.5) is 5.69 Å². The first-order chi connectivity index (χ1) is 10.1. The highest BCUT2D eigenvalue weighted by molar-refractivity contribution is 6.33. The third-order valence-electron chi connectivity index (χ3n) is 3.70. The van der Waals surface area contributed by atoms with E-state index in [4.69, 9.17) is 11.6 Å². The Morgan fingerprint density at radius 2 is 2.29 bits per heavy atom. The van der Waals surface area contributed by atoms with E-state index in [1.807, 2.05) is 6.07 Å². The van der Waals surface area contributed by atoms with E-state index in [-0.39, 0.29) is 11.9 Å². The zero-order valence-corrected chi connectivity index (χ0v) is 13.5. The van der Waals surface area contributed by atoms with Crippen LogP contribution >= 0.6 is 11.6 Å². The summed E-state index contributed by atoms with van der Waals surface area (Å²) in [6.45, 7) is 7.34. The molecule has 5 heteroatoms. The lowest BCUT2D eigenvalue weighted by atomic mass is 10.2. The van der Waals surface area contributed by atoms with Gasteiger partial charge in [0, 0.05) is 32.6 Å². The van der Waals surface area contributed by atoms with Crippen molar-refractivity contribution >= 4 is 23.2 Å². The molecule has 116 valence electrons. The molecular formula is C16H24ClN3O. The lowest BCUT2D eigenvalue weighted by molar-refractivity contribution is -0.119. The van der Waals surface area contributed by atoms with Gasteiger partial charge in [-0.3, -0.25) is 4.79 Å². The summed E-state index contributed by atoms with van der Waals surface area (Å²) in [5, 5.41) is 7.14. The predicted octanol–water partition coefficient (Wildman–Crippen LogP) is 2.55. The molecule has 0 radical (unpaired) electrons. The summed E-state index contributed by atoms with van der Waals surface area (Å²) in [6, 6.07) is 6.46. The van der Waals surface area contributed by atoms with Gasteiger partial charge in [0.1, 0.15) is 0 Å². The summed E-state index contributed by atoms with van der Waals surface area (Å²) in [5.74, 6) is 0.0327. The average Bonchev–Trinajstić information content (AvgIpc) is 2.86. The van der Waals surface area contributed by atoms with Gasteiger partial charge in [0.15, 0.2) is 0 Å². The number of carbonyl (C=O) groups is 1. The van der Waals surface area contributed by atoms with Crippen molar-refractivity contribution in [2.45, 2.75) is 39.3 Å². The zero-order valence-electron chi connectivity index (χ0n) is 12.8. The minimum Gasteiger partial charge on any atom is -0.368 e. The molecule has 0 saturated carbocycles. The maximum atomic E-state index is 11.1. The molecule has 1 amide bonds. The van der Waals surface area contributed by atoms with Crippen molar-refractivity contribution < 1.29 is 4.79 Å². The molecular weight excluding hydrogens is 286 g/mol. The summed E-state index contributed by atoms with van der Waals surface area (Å²) in [7, 11) is 0. The van der Waals surface area contributed by atoms with Crippen LogP contribution in [0.1, 0.15) is 32.3 Å². The first kappa shape index (κ1) is 16.1. The minimum absolute atomic E-state index is 0.0327. The molecule has 1 unspecified atom stereocenters. The molecule has 0 bridgehead atoms. The number of hydrogen-bond acceptors (Lipinski definition) is 3. The van der Waals surface area contributed by atoms with Crippen molar-refractivity contribution in [3.63, 3.8) is 0 Å². The van der Waals surface area contributed by atoms with Crippen LogP contribution in [0.5, 0.6) is 0 Å². The first-order valence-corrected chi connectivity index (χ1v) is 7.99. The lowest BCUT2D eigenvalue weighted by Crippen LogP contribution is -2.35. The fourth-order valence-corrected chi connectivity index (χ4v) is 3.03. The van der Waals surface area contributed by atoms with E-state index in [9.17, 15) is 4.79 Å². The number of halogens is 1. The van der Waals surface area contributed by atoms with E-state index < -0.39 is 0 Å². The van der Waals surface area contributed by atoms with Gasteiger partial charge >= 0.3 is 0 Å². The van der Waals surface area contributed by atoms with Crippen molar-refractivity contribution in [2.24, 2.45) is 0 Å². The predicted molar refractivity (Wildman–Crippen MR) is 87.9 cm³/mol. The molecule has 0 aliphatic carbocycles. The smallest absolute Gasteiger partial charge is 0.217 e. The summed E-state index contributed by atoms with van der Waals surface area (Å²) < 4.78 is 0. The van der Waals surface area contributed by atoms with Crippen molar-refractivity contribution in [1.29, 1.82) is 0 Å². The van der Waals surface area contributed by atoms with Gasteiger partial charge in [0.05, 0.1) is 10.7 Å².